The maximum atomic E-state index is 12.5. The summed E-state index contributed by atoms with van der Waals surface area (Å²) in [5.41, 5.74) is 1.30. The summed E-state index contributed by atoms with van der Waals surface area (Å²) in [4.78, 5) is 39.6. The molecule has 0 saturated carbocycles. The van der Waals surface area contributed by atoms with E-state index in [2.05, 4.69) is 10.6 Å². The van der Waals surface area contributed by atoms with Gasteiger partial charge in [-0.3, -0.25) is 9.59 Å². The van der Waals surface area contributed by atoms with Crippen LogP contribution in [0.15, 0.2) is 24.3 Å². The molecule has 0 radical (unpaired) electrons. The highest BCUT2D eigenvalue weighted by molar-refractivity contribution is 5.94. The molecule has 0 bridgehead atoms. The lowest BCUT2D eigenvalue weighted by Gasteiger charge is -2.34. The maximum Gasteiger partial charge on any atom is 0.319 e. The molecule has 2 rings (SSSR count). The predicted molar refractivity (Wildman–Crippen MR) is 102 cm³/mol. The van der Waals surface area contributed by atoms with E-state index in [-0.39, 0.29) is 23.8 Å². The van der Waals surface area contributed by atoms with Crippen molar-refractivity contribution in [2.24, 2.45) is 5.92 Å². The zero-order valence-corrected chi connectivity index (χ0v) is 15.7. The molecular formula is C19H28N4O3. The van der Waals surface area contributed by atoms with Gasteiger partial charge in [0.1, 0.15) is 0 Å². The SMILES string of the molecule is CCN(CC)C(=O)N1CCC(C(=O)Nc2cccc(NC(C)=O)c2)CC1. The van der Waals surface area contributed by atoms with Crippen molar-refractivity contribution in [2.75, 3.05) is 36.8 Å². The van der Waals surface area contributed by atoms with Gasteiger partial charge >= 0.3 is 6.03 Å². The number of hydrogen-bond donors (Lipinski definition) is 2. The molecule has 1 aromatic rings. The fourth-order valence-electron chi connectivity index (χ4n) is 3.15. The number of piperidine rings is 1. The summed E-state index contributed by atoms with van der Waals surface area (Å²) < 4.78 is 0. The van der Waals surface area contributed by atoms with Gasteiger partial charge in [-0.2, -0.15) is 0 Å². The van der Waals surface area contributed by atoms with Crippen molar-refractivity contribution in [1.82, 2.24) is 9.80 Å². The average Bonchev–Trinajstić information content (AvgIpc) is 2.62. The Bertz CT molecular complexity index is 650. The van der Waals surface area contributed by atoms with Gasteiger partial charge in [0.15, 0.2) is 0 Å². The van der Waals surface area contributed by atoms with Gasteiger partial charge in [-0.05, 0) is 44.9 Å². The maximum absolute atomic E-state index is 12.5. The van der Waals surface area contributed by atoms with Crippen LogP contribution in [0.3, 0.4) is 0 Å². The molecule has 0 aromatic heterocycles. The van der Waals surface area contributed by atoms with Crippen molar-refractivity contribution in [3.8, 4) is 0 Å². The van der Waals surface area contributed by atoms with Crippen molar-refractivity contribution in [2.45, 2.75) is 33.6 Å². The van der Waals surface area contributed by atoms with E-state index in [1.807, 2.05) is 18.7 Å². The Morgan fingerprint density at radius 2 is 1.65 bits per heavy atom. The molecular weight excluding hydrogens is 332 g/mol. The van der Waals surface area contributed by atoms with Crippen LogP contribution in [-0.2, 0) is 9.59 Å². The van der Waals surface area contributed by atoms with Crippen LogP contribution < -0.4 is 10.6 Å². The van der Waals surface area contributed by atoms with E-state index in [1.54, 1.807) is 29.2 Å². The minimum atomic E-state index is -0.154. The summed E-state index contributed by atoms with van der Waals surface area (Å²) >= 11 is 0. The minimum Gasteiger partial charge on any atom is -0.326 e. The number of amides is 4. The molecule has 0 aliphatic carbocycles. The highest BCUT2D eigenvalue weighted by Gasteiger charge is 2.28. The first-order valence-electron chi connectivity index (χ1n) is 9.17. The largest absolute Gasteiger partial charge is 0.326 e. The van der Waals surface area contributed by atoms with Crippen molar-refractivity contribution < 1.29 is 14.4 Å². The second-order valence-corrected chi connectivity index (χ2v) is 6.47. The Hall–Kier alpha value is -2.57. The molecule has 0 unspecified atom stereocenters. The highest BCUT2D eigenvalue weighted by Crippen LogP contribution is 2.22. The Morgan fingerprint density at radius 1 is 1.08 bits per heavy atom. The van der Waals surface area contributed by atoms with Crippen LogP contribution in [0.1, 0.15) is 33.6 Å². The van der Waals surface area contributed by atoms with E-state index < -0.39 is 0 Å². The van der Waals surface area contributed by atoms with Crippen LogP contribution >= 0.6 is 0 Å². The van der Waals surface area contributed by atoms with Crippen LogP contribution in [0.25, 0.3) is 0 Å². The third-order valence-electron chi connectivity index (χ3n) is 4.62. The molecule has 1 fully saturated rings. The molecule has 26 heavy (non-hydrogen) atoms. The van der Waals surface area contributed by atoms with E-state index >= 15 is 0 Å². The number of rotatable bonds is 5. The molecule has 1 saturated heterocycles. The lowest BCUT2D eigenvalue weighted by atomic mass is 9.96. The monoisotopic (exact) mass is 360 g/mol. The molecule has 7 nitrogen and oxygen atoms in total. The molecule has 0 atom stereocenters. The number of anilines is 2. The molecule has 4 amide bonds. The van der Waals surface area contributed by atoms with Crippen LogP contribution in [0.2, 0.25) is 0 Å². The fourth-order valence-corrected chi connectivity index (χ4v) is 3.15. The average molecular weight is 360 g/mol. The molecule has 1 aromatic carbocycles. The molecule has 142 valence electrons. The first kappa shape index (κ1) is 19.8. The summed E-state index contributed by atoms with van der Waals surface area (Å²) in [6, 6.07) is 7.14. The van der Waals surface area contributed by atoms with Crippen molar-refractivity contribution in [1.29, 1.82) is 0 Å². The lowest BCUT2D eigenvalue weighted by Crippen LogP contribution is -2.47. The van der Waals surface area contributed by atoms with Crippen LogP contribution in [0.4, 0.5) is 16.2 Å². The Kier molecular flexibility index (Phi) is 7.00. The zero-order chi connectivity index (χ0) is 19.1. The van der Waals surface area contributed by atoms with Gasteiger partial charge in [0.05, 0.1) is 0 Å². The van der Waals surface area contributed by atoms with E-state index in [1.165, 1.54) is 6.92 Å². The molecule has 1 aliphatic heterocycles. The standard InChI is InChI=1S/C19H28N4O3/c1-4-22(5-2)19(26)23-11-9-15(10-12-23)18(25)21-17-8-6-7-16(13-17)20-14(3)24/h6-8,13,15H,4-5,9-12H2,1-3H3,(H,20,24)(H,21,25). The van der Waals surface area contributed by atoms with Gasteiger partial charge in [-0.15, -0.1) is 0 Å². The van der Waals surface area contributed by atoms with E-state index in [9.17, 15) is 14.4 Å². The normalized spacial score (nSPS) is 14.7. The van der Waals surface area contributed by atoms with E-state index in [0.29, 0.717) is 50.4 Å². The van der Waals surface area contributed by atoms with E-state index in [4.69, 9.17) is 0 Å². The quantitative estimate of drug-likeness (QED) is 0.847. The number of nitrogens with one attached hydrogen (secondary N) is 2. The number of urea groups is 1. The fraction of sp³-hybridized carbons (Fsp3) is 0.526. The molecule has 7 heteroatoms. The molecule has 1 heterocycles. The first-order valence-corrected chi connectivity index (χ1v) is 9.17. The molecule has 0 spiro atoms. The van der Waals surface area contributed by atoms with Gasteiger partial charge < -0.3 is 20.4 Å². The van der Waals surface area contributed by atoms with Crippen molar-refractivity contribution >= 4 is 29.2 Å². The van der Waals surface area contributed by atoms with Gasteiger partial charge in [-0.25, -0.2) is 4.79 Å². The second-order valence-electron chi connectivity index (χ2n) is 6.47. The molecule has 1 aliphatic rings. The first-order chi connectivity index (χ1) is 12.4. The number of likely N-dealkylation sites (tertiary alicyclic amines) is 1. The van der Waals surface area contributed by atoms with Crippen LogP contribution in [0.5, 0.6) is 0 Å². The van der Waals surface area contributed by atoms with Crippen molar-refractivity contribution in [3.63, 3.8) is 0 Å². The Balaban J connectivity index is 1.88. The van der Waals surface area contributed by atoms with Gasteiger partial charge in [-0.1, -0.05) is 6.07 Å². The number of carbonyl (C=O) groups excluding carboxylic acids is 3. The Labute approximate surface area is 154 Å². The van der Waals surface area contributed by atoms with Gasteiger partial charge in [0.25, 0.3) is 0 Å². The number of carbonyl (C=O) groups is 3. The second kappa shape index (κ2) is 9.22. The van der Waals surface area contributed by atoms with Crippen LogP contribution in [0, 0.1) is 5.92 Å². The summed E-state index contributed by atoms with van der Waals surface area (Å²) in [5.74, 6) is -0.307. The van der Waals surface area contributed by atoms with Crippen LogP contribution in [-0.4, -0.2) is 53.8 Å². The summed E-state index contributed by atoms with van der Waals surface area (Å²) in [5, 5.41) is 5.61. The van der Waals surface area contributed by atoms with Crippen molar-refractivity contribution in [3.05, 3.63) is 24.3 Å². The van der Waals surface area contributed by atoms with Gasteiger partial charge in [0.2, 0.25) is 11.8 Å². The summed E-state index contributed by atoms with van der Waals surface area (Å²) in [7, 11) is 0. The summed E-state index contributed by atoms with van der Waals surface area (Å²) in [6.45, 7) is 7.96. The third kappa shape index (κ3) is 5.21. The number of hydrogen-bond acceptors (Lipinski definition) is 3. The minimum absolute atomic E-state index is 0.0417. The highest BCUT2D eigenvalue weighted by atomic mass is 16.2. The summed E-state index contributed by atoms with van der Waals surface area (Å²) in [6.07, 6.45) is 1.31. The zero-order valence-electron chi connectivity index (χ0n) is 15.7. The predicted octanol–water partition coefficient (Wildman–Crippen LogP) is 2.76. The third-order valence-corrected chi connectivity index (χ3v) is 4.62. The molecule has 2 N–H and O–H groups in total. The number of nitrogens with zero attached hydrogens (tertiary/aromatic N) is 2. The lowest BCUT2D eigenvalue weighted by molar-refractivity contribution is -0.121. The topological polar surface area (TPSA) is 81.8 Å². The smallest absolute Gasteiger partial charge is 0.319 e. The number of benzene rings is 1. The van der Waals surface area contributed by atoms with E-state index in [0.717, 1.165) is 0 Å². The van der Waals surface area contributed by atoms with Gasteiger partial charge in [0, 0.05) is 50.4 Å². The Morgan fingerprint density at radius 3 is 2.19 bits per heavy atom.